The number of aromatic nitrogens is 1. The maximum atomic E-state index is 12.1. The van der Waals surface area contributed by atoms with Crippen LogP contribution >= 0.6 is 0 Å². The fourth-order valence-corrected chi connectivity index (χ4v) is 3.10. The van der Waals surface area contributed by atoms with Crippen LogP contribution in [0.3, 0.4) is 0 Å². The fourth-order valence-electron chi connectivity index (χ4n) is 3.10. The minimum Gasteiger partial charge on any atom is -0.496 e. The van der Waals surface area contributed by atoms with Crippen LogP contribution in [0.25, 0.3) is 11.1 Å². The maximum absolute atomic E-state index is 12.1. The number of ether oxygens (including phenoxy) is 2. The SMILES string of the molecule is COc1ccc(-c2cc(C)[nH]c(=O)c2C#N)cc1CN1CCOCC1. The van der Waals surface area contributed by atoms with Gasteiger partial charge >= 0.3 is 0 Å². The highest BCUT2D eigenvalue weighted by Crippen LogP contribution is 2.29. The molecule has 2 aromatic rings. The highest BCUT2D eigenvalue weighted by atomic mass is 16.5. The van der Waals surface area contributed by atoms with Gasteiger partial charge in [0, 0.05) is 36.5 Å². The van der Waals surface area contributed by atoms with Crippen LogP contribution in [0, 0.1) is 18.3 Å². The van der Waals surface area contributed by atoms with Gasteiger partial charge in [0.2, 0.25) is 0 Å². The lowest BCUT2D eigenvalue weighted by molar-refractivity contribution is 0.0339. The summed E-state index contributed by atoms with van der Waals surface area (Å²) in [6.45, 7) is 5.76. The van der Waals surface area contributed by atoms with Gasteiger partial charge in [0.1, 0.15) is 17.4 Å². The van der Waals surface area contributed by atoms with Crippen molar-refractivity contribution in [1.82, 2.24) is 9.88 Å². The van der Waals surface area contributed by atoms with E-state index in [0.717, 1.165) is 55.4 Å². The van der Waals surface area contributed by atoms with Crippen molar-refractivity contribution >= 4 is 0 Å². The zero-order valence-electron chi connectivity index (χ0n) is 14.5. The van der Waals surface area contributed by atoms with E-state index in [1.54, 1.807) is 7.11 Å². The van der Waals surface area contributed by atoms with E-state index in [9.17, 15) is 10.1 Å². The molecule has 6 nitrogen and oxygen atoms in total. The van der Waals surface area contributed by atoms with Gasteiger partial charge in [-0.1, -0.05) is 6.07 Å². The lowest BCUT2D eigenvalue weighted by Gasteiger charge is -2.27. The van der Waals surface area contributed by atoms with Crippen LogP contribution in [-0.2, 0) is 11.3 Å². The number of rotatable bonds is 4. The zero-order valence-corrected chi connectivity index (χ0v) is 14.5. The van der Waals surface area contributed by atoms with Gasteiger partial charge in [-0.25, -0.2) is 0 Å². The van der Waals surface area contributed by atoms with Gasteiger partial charge in [-0.3, -0.25) is 9.69 Å². The molecule has 1 aromatic carbocycles. The number of H-pyrrole nitrogens is 1. The molecule has 1 aliphatic rings. The first-order valence-electron chi connectivity index (χ1n) is 8.24. The lowest BCUT2D eigenvalue weighted by Crippen LogP contribution is -2.35. The molecule has 1 fully saturated rings. The summed E-state index contributed by atoms with van der Waals surface area (Å²) in [6, 6.07) is 9.63. The maximum Gasteiger partial charge on any atom is 0.266 e. The zero-order chi connectivity index (χ0) is 17.8. The summed E-state index contributed by atoms with van der Waals surface area (Å²) in [6.07, 6.45) is 0. The van der Waals surface area contributed by atoms with Crippen molar-refractivity contribution in [2.75, 3.05) is 33.4 Å². The van der Waals surface area contributed by atoms with Crippen LogP contribution in [0.5, 0.6) is 5.75 Å². The van der Waals surface area contributed by atoms with Crippen molar-refractivity contribution in [2.24, 2.45) is 0 Å². The van der Waals surface area contributed by atoms with Crippen LogP contribution in [0.1, 0.15) is 16.8 Å². The molecule has 0 bridgehead atoms. The molecule has 0 atom stereocenters. The summed E-state index contributed by atoms with van der Waals surface area (Å²) in [4.78, 5) is 17.0. The number of nitrogens with zero attached hydrogens (tertiary/aromatic N) is 2. The molecule has 1 aromatic heterocycles. The summed E-state index contributed by atoms with van der Waals surface area (Å²) in [5.74, 6) is 0.801. The van der Waals surface area contributed by atoms with Gasteiger partial charge in [-0.15, -0.1) is 0 Å². The average Bonchev–Trinajstić information content (AvgIpc) is 2.62. The predicted octanol–water partition coefficient (Wildman–Crippen LogP) is 2.06. The second-order valence-corrected chi connectivity index (χ2v) is 6.10. The van der Waals surface area contributed by atoms with Gasteiger partial charge in [-0.2, -0.15) is 5.26 Å². The number of hydrogen-bond donors (Lipinski definition) is 1. The number of aryl methyl sites for hydroxylation is 1. The molecule has 3 rings (SSSR count). The number of aromatic amines is 1. The number of pyridine rings is 1. The molecule has 0 spiro atoms. The first kappa shape index (κ1) is 17.2. The number of benzene rings is 1. The topological polar surface area (TPSA) is 78.3 Å². The summed E-state index contributed by atoms with van der Waals surface area (Å²) < 4.78 is 10.9. The summed E-state index contributed by atoms with van der Waals surface area (Å²) in [5, 5.41) is 9.37. The van der Waals surface area contributed by atoms with Gasteiger partial charge in [0.15, 0.2) is 0 Å². The van der Waals surface area contributed by atoms with Crippen LogP contribution in [0.2, 0.25) is 0 Å². The Kier molecular flexibility index (Phi) is 5.17. The molecule has 130 valence electrons. The molecular formula is C19H21N3O3. The van der Waals surface area contributed by atoms with E-state index in [4.69, 9.17) is 9.47 Å². The molecule has 0 radical (unpaired) electrons. The van der Waals surface area contributed by atoms with E-state index < -0.39 is 0 Å². The molecule has 1 saturated heterocycles. The van der Waals surface area contributed by atoms with E-state index in [1.807, 2.05) is 37.3 Å². The first-order valence-corrected chi connectivity index (χ1v) is 8.24. The molecule has 1 aliphatic heterocycles. The molecule has 0 aliphatic carbocycles. The van der Waals surface area contributed by atoms with Crippen molar-refractivity contribution in [3.8, 4) is 22.9 Å². The molecule has 6 heteroatoms. The van der Waals surface area contributed by atoms with E-state index in [2.05, 4.69) is 9.88 Å². The van der Waals surface area contributed by atoms with Crippen LogP contribution in [-0.4, -0.2) is 43.3 Å². The third-order valence-corrected chi connectivity index (χ3v) is 4.37. The van der Waals surface area contributed by atoms with E-state index in [1.165, 1.54) is 0 Å². The third kappa shape index (κ3) is 3.73. The Morgan fingerprint density at radius 1 is 1.32 bits per heavy atom. The van der Waals surface area contributed by atoms with Crippen LogP contribution in [0.4, 0.5) is 0 Å². The summed E-state index contributed by atoms with van der Waals surface area (Å²) >= 11 is 0. The Morgan fingerprint density at radius 2 is 2.08 bits per heavy atom. The van der Waals surface area contributed by atoms with E-state index in [-0.39, 0.29) is 11.1 Å². The number of nitrogens with one attached hydrogen (secondary N) is 1. The molecule has 0 unspecified atom stereocenters. The predicted molar refractivity (Wildman–Crippen MR) is 94.6 cm³/mol. The van der Waals surface area contributed by atoms with Gasteiger partial charge in [0.05, 0.1) is 20.3 Å². The Balaban J connectivity index is 2.02. The largest absolute Gasteiger partial charge is 0.496 e. The highest BCUT2D eigenvalue weighted by Gasteiger charge is 2.16. The van der Waals surface area contributed by atoms with Crippen molar-refractivity contribution in [2.45, 2.75) is 13.5 Å². The van der Waals surface area contributed by atoms with Crippen molar-refractivity contribution < 1.29 is 9.47 Å². The second kappa shape index (κ2) is 7.51. The summed E-state index contributed by atoms with van der Waals surface area (Å²) in [5.41, 5.74) is 3.02. The Labute approximate surface area is 146 Å². The Hall–Kier alpha value is -2.62. The highest BCUT2D eigenvalue weighted by molar-refractivity contribution is 5.71. The Morgan fingerprint density at radius 3 is 2.76 bits per heavy atom. The average molecular weight is 339 g/mol. The van der Waals surface area contributed by atoms with E-state index in [0.29, 0.717) is 5.56 Å². The van der Waals surface area contributed by atoms with Gasteiger partial charge in [-0.05, 0) is 30.7 Å². The van der Waals surface area contributed by atoms with Crippen LogP contribution < -0.4 is 10.3 Å². The van der Waals surface area contributed by atoms with E-state index >= 15 is 0 Å². The number of nitriles is 1. The van der Waals surface area contributed by atoms with Crippen molar-refractivity contribution in [1.29, 1.82) is 5.26 Å². The smallest absolute Gasteiger partial charge is 0.266 e. The normalized spacial score (nSPS) is 14.9. The number of morpholine rings is 1. The quantitative estimate of drug-likeness (QED) is 0.922. The van der Waals surface area contributed by atoms with Gasteiger partial charge in [0.25, 0.3) is 5.56 Å². The van der Waals surface area contributed by atoms with Crippen LogP contribution in [0.15, 0.2) is 29.1 Å². The standard InChI is InChI=1S/C19H21N3O3/c1-13-9-16(17(11-20)19(23)21-13)14-3-4-18(24-2)15(10-14)12-22-5-7-25-8-6-22/h3-4,9-10H,5-8,12H2,1-2H3,(H,21,23). The molecule has 2 heterocycles. The molecule has 25 heavy (non-hydrogen) atoms. The minimum absolute atomic E-state index is 0.132. The minimum atomic E-state index is -0.358. The van der Waals surface area contributed by atoms with Crippen molar-refractivity contribution in [3.63, 3.8) is 0 Å². The summed E-state index contributed by atoms with van der Waals surface area (Å²) in [7, 11) is 1.65. The second-order valence-electron chi connectivity index (χ2n) is 6.10. The monoisotopic (exact) mass is 339 g/mol. The Bertz CT molecular complexity index is 861. The molecule has 0 amide bonds. The third-order valence-electron chi connectivity index (χ3n) is 4.37. The number of methoxy groups -OCH3 is 1. The lowest BCUT2D eigenvalue weighted by atomic mass is 9.98. The first-order chi connectivity index (χ1) is 12.1. The number of hydrogen-bond acceptors (Lipinski definition) is 5. The van der Waals surface area contributed by atoms with Crippen molar-refractivity contribution in [3.05, 3.63) is 51.4 Å². The van der Waals surface area contributed by atoms with Gasteiger partial charge < -0.3 is 14.5 Å². The fraction of sp³-hybridized carbons (Fsp3) is 0.368. The molecule has 1 N–H and O–H groups in total. The molecule has 0 saturated carbocycles. The molecular weight excluding hydrogens is 318 g/mol.